The zero-order chi connectivity index (χ0) is 18.7. The van der Waals surface area contributed by atoms with Crippen molar-refractivity contribution in [2.24, 2.45) is 5.92 Å². The van der Waals surface area contributed by atoms with Crippen molar-refractivity contribution in [2.45, 2.75) is 64.1 Å². The molecule has 0 aliphatic heterocycles. The number of hydrogen-bond acceptors (Lipinski definition) is 5. The molecule has 1 aliphatic carbocycles. The quantitative estimate of drug-likeness (QED) is 0.301. The molecule has 1 aliphatic rings. The van der Waals surface area contributed by atoms with E-state index in [1.54, 1.807) is 21.3 Å². The number of carbonyl (C=O) groups excluding carboxylic acids is 1. The number of methoxy groups -OCH3 is 4. The highest BCUT2D eigenvalue weighted by molar-refractivity contribution is 5.68. The van der Waals surface area contributed by atoms with Gasteiger partial charge in [0.05, 0.1) is 32.2 Å². The van der Waals surface area contributed by atoms with Crippen LogP contribution in [0.4, 0.5) is 0 Å². The number of hydrogen-bond donors (Lipinski definition) is 0. The van der Waals surface area contributed by atoms with Crippen LogP contribution >= 0.6 is 0 Å². The number of esters is 1. The molecule has 0 saturated heterocycles. The van der Waals surface area contributed by atoms with E-state index < -0.39 is 0 Å². The third kappa shape index (κ3) is 7.20. The lowest BCUT2D eigenvalue weighted by molar-refractivity contribution is -0.140. The molecule has 5 nitrogen and oxygen atoms in total. The van der Waals surface area contributed by atoms with Crippen molar-refractivity contribution >= 4 is 5.97 Å². The summed E-state index contributed by atoms with van der Waals surface area (Å²) < 4.78 is 21.3. The molecule has 3 unspecified atom stereocenters. The average Bonchev–Trinajstić information content (AvgIpc) is 2.98. The Kier molecular flexibility index (Phi) is 10.5. The van der Waals surface area contributed by atoms with Gasteiger partial charge in [-0.1, -0.05) is 25.0 Å². The maximum atomic E-state index is 11.1. The van der Waals surface area contributed by atoms with Gasteiger partial charge in [-0.15, -0.1) is 0 Å². The second-order valence-corrected chi connectivity index (χ2v) is 6.47. The number of unbranched alkanes of at least 4 members (excludes halogenated alkanes) is 3. The van der Waals surface area contributed by atoms with Crippen molar-refractivity contribution in [1.29, 1.82) is 0 Å². The Hall–Kier alpha value is -1.33. The van der Waals surface area contributed by atoms with E-state index in [-0.39, 0.29) is 24.1 Å². The molecule has 1 rings (SSSR count). The van der Waals surface area contributed by atoms with Gasteiger partial charge in [-0.3, -0.25) is 4.79 Å². The smallest absolute Gasteiger partial charge is 0.305 e. The molecule has 5 heteroatoms. The van der Waals surface area contributed by atoms with Gasteiger partial charge < -0.3 is 18.9 Å². The molecule has 0 spiro atoms. The summed E-state index contributed by atoms with van der Waals surface area (Å²) in [6.45, 7) is 2.02. The molecule has 0 N–H and O–H groups in total. The summed E-state index contributed by atoms with van der Waals surface area (Å²) in [5.41, 5.74) is 1.34. The van der Waals surface area contributed by atoms with Crippen molar-refractivity contribution in [3.05, 3.63) is 23.5 Å². The maximum Gasteiger partial charge on any atom is 0.305 e. The van der Waals surface area contributed by atoms with Crippen molar-refractivity contribution in [3.8, 4) is 0 Å². The lowest BCUT2D eigenvalue weighted by Crippen LogP contribution is -2.18. The third-order valence-corrected chi connectivity index (χ3v) is 4.86. The van der Waals surface area contributed by atoms with E-state index >= 15 is 0 Å². The van der Waals surface area contributed by atoms with Crippen LogP contribution < -0.4 is 0 Å². The van der Waals surface area contributed by atoms with E-state index in [1.165, 1.54) is 12.7 Å². The largest absolute Gasteiger partial charge is 0.501 e. The van der Waals surface area contributed by atoms with E-state index in [9.17, 15) is 4.79 Å². The normalized spacial score (nSPS) is 21.8. The Morgan fingerprint density at radius 1 is 1.16 bits per heavy atom. The van der Waals surface area contributed by atoms with Gasteiger partial charge >= 0.3 is 5.97 Å². The summed E-state index contributed by atoms with van der Waals surface area (Å²) in [4.78, 5) is 11.1. The summed E-state index contributed by atoms with van der Waals surface area (Å²) in [6, 6.07) is 0. The highest BCUT2D eigenvalue weighted by Gasteiger charge is 2.33. The van der Waals surface area contributed by atoms with Gasteiger partial charge in [0, 0.05) is 33.0 Å². The maximum absolute atomic E-state index is 11.1. The van der Waals surface area contributed by atoms with Crippen LogP contribution in [-0.4, -0.2) is 46.6 Å². The van der Waals surface area contributed by atoms with E-state index in [0.29, 0.717) is 6.42 Å². The standard InChI is InChI=1S/C20H34O5/c1-15(22-2)12-13-17-16(18(23-3)14-19(17)24-4)10-8-6-7-9-11-20(21)25-5/h12-13,15,17,19H,6-11,14H2,1-5H3/b13-12+. The Bertz CT molecular complexity index is 455. The van der Waals surface area contributed by atoms with Crippen molar-refractivity contribution in [3.63, 3.8) is 0 Å². The van der Waals surface area contributed by atoms with Crippen LogP contribution in [-0.2, 0) is 23.7 Å². The molecule has 0 bridgehead atoms. The molecule has 0 fully saturated rings. The van der Waals surface area contributed by atoms with Crippen LogP contribution in [0.15, 0.2) is 23.5 Å². The summed E-state index contributed by atoms with van der Waals surface area (Å²) >= 11 is 0. The minimum Gasteiger partial charge on any atom is -0.501 e. The van der Waals surface area contributed by atoms with Gasteiger partial charge in [-0.25, -0.2) is 0 Å². The van der Waals surface area contributed by atoms with Crippen LogP contribution in [0.2, 0.25) is 0 Å². The highest BCUT2D eigenvalue weighted by atomic mass is 16.5. The molecule has 0 aromatic rings. The van der Waals surface area contributed by atoms with Gasteiger partial charge in [0.15, 0.2) is 0 Å². The van der Waals surface area contributed by atoms with Crippen molar-refractivity contribution in [1.82, 2.24) is 0 Å². The molecule has 3 atom stereocenters. The van der Waals surface area contributed by atoms with Crippen molar-refractivity contribution < 1.29 is 23.7 Å². The zero-order valence-electron chi connectivity index (χ0n) is 16.4. The van der Waals surface area contributed by atoms with Gasteiger partial charge in [-0.2, -0.15) is 0 Å². The zero-order valence-corrected chi connectivity index (χ0v) is 16.4. The first kappa shape index (κ1) is 21.7. The topological polar surface area (TPSA) is 54.0 Å². The molecule has 0 aromatic carbocycles. The monoisotopic (exact) mass is 354 g/mol. The number of rotatable bonds is 12. The van der Waals surface area contributed by atoms with Crippen LogP contribution in [0, 0.1) is 5.92 Å². The lowest BCUT2D eigenvalue weighted by Gasteiger charge is -2.18. The fourth-order valence-electron chi connectivity index (χ4n) is 3.24. The second-order valence-electron chi connectivity index (χ2n) is 6.47. The van der Waals surface area contributed by atoms with Crippen LogP contribution in [0.25, 0.3) is 0 Å². The highest BCUT2D eigenvalue weighted by Crippen LogP contribution is 2.38. The fourth-order valence-corrected chi connectivity index (χ4v) is 3.24. The first-order valence-electron chi connectivity index (χ1n) is 9.14. The fraction of sp³-hybridized carbons (Fsp3) is 0.750. The Morgan fingerprint density at radius 3 is 2.48 bits per heavy atom. The molecular weight excluding hydrogens is 320 g/mol. The van der Waals surface area contributed by atoms with E-state index in [2.05, 4.69) is 16.9 Å². The van der Waals surface area contributed by atoms with Gasteiger partial charge in [0.2, 0.25) is 0 Å². The van der Waals surface area contributed by atoms with E-state index in [0.717, 1.165) is 44.3 Å². The Balaban J connectivity index is 2.56. The molecule has 0 amide bonds. The minimum atomic E-state index is -0.124. The Morgan fingerprint density at radius 2 is 1.88 bits per heavy atom. The lowest BCUT2D eigenvalue weighted by atomic mass is 9.93. The van der Waals surface area contributed by atoms with Crippen LogP contribution in [0.5, 0.6) is 0 Å². The van der Waals surface area contributed by atoms with Gasteiger partial charge in [0.1, 0.15) is 0 Å². The average molecular weight is 354 g/mol. The Labute approximate surface area is 152 Å². The molecule has 0 heterocycles. The predicted octanol–water partition coefficient (Wildman–Crippen LogP) is 4.03. The molecular formula is C20H34O5. The minimum absolute atomic E-state index is 0.0867. The van der Waals surface area contributed by atoms with Gasteiger partial charge in [-0.05, 0) is 31.8 Å². The van der Waals surface area contributed by atoms with Crippen molar-refractivity contribution in [2.75, 3.05) is 28.4 Å². The summed E-state index contributed by atoms with van der Waals surface area (Å²) in [5, 5.41) is 0. The molecule has 0 radical (unpaired) electrons. The number of ether oxygens (including phenoxy) is 4. The molecule has 144 valence electrons. The van der Waals surface area contributed by atoms with Crippen LogP contribution in [0.3, 0.4) is 0 Å². The number of carbonyl (C=O) groups is 1. The molecule has 0 saturated carbocycles. The summed E-state index contributed by atoms with van der Waals surface area (Å²) in [6.07, 6.45) is 10.9. The second kappa shape index (κ2) is 12.1. The van der Waals surface area contributed by atoms with E-state index in [1.807, 2.05) is 6.92 Å². The summed E-state index contributed by atoms with van der Waals surface area (Å²) in [5.74, 6) is 1.18. The molecule has 25 heavy (non-hydrogen) atoms. The van der Waals surface area contributed by atoms with E-state index in [4.69, 9.17) is 14.2 Å². The first-order chi connectivity index (χ1) is 12.1. The summed E-state index contributed by atoms with van der Waals surface area (Å²) in [7, 11) is 6.64. The van der Waals surface area contributed by atoms with Gasteiger partial charge in [0.25, 0.3) is 0 Å². The SMILES string of the molecule is COC(=O)CCCCCCC1=C(OC)CC(OC)C1/C=C/C(C)OC. The molecule has 0 aromatic heterocycles. The predicted molar refractivity (Wildman–Crippen MR) is 98.3 cm³/mol. The first-order valence-corrected chi connectivity index (χ1v) is 9.14. The third-order valence-electron chi connectivity index (χ3n) is 4.86. The van der Waals surface area contributed by atoms with Crippen LogP contribution in [0.1, 0.15) is 51.9 Å².